The molecule has 2 rings (SSSR count). The number of aryl methyl sites for hydroxylation is 2. The van der Waals surface area contributed by atoms with E-state index in [4.69, 9.17) is 11.6 Å². The molecule has 0 aliphatic carbocycles. The van der Waals surface area contributed by atoms with Crippen molar-refractivity contribution in [3.8, 4) is 0 Å². The molecule has 3 heteroatoms. The highest BCUT2D eigenvalue weighted by Gasteiger charge is 2.09. The number of aromatic nitrogens is 2. The van der Waals surface area contributed by atoms with Crippen molar-refractivity contribution in [2.45, 2.75) is 64.8 Å². The van der Waals surface area contributed by atoms with E-state index in [9.17, 15) is 0 Å². The van der Waals surface area contributed by atoms with Gasteiger partial charge in [0.15, 0.2) is 0 Å². The average Bonchev–Trinajstić information content (AvgIpc) is 2.80. The van der Waals surface area contributed by atoms with Gasteiger partial charge >= 0.3 is 0 Å². The molecule has 1 aromatic heterocycles. The van der Waals surface area contributed by atoms with Crippen LogP contribution in [0.15, 0.2) is 18.2 Å². The van der Waals surface area contributed by atoms with Gasteiger partial charge in [-0.05, 0) is 31.0 Å². The molecule has 0 radical (unpaired) electrons. The fourth-order valence-corrected chi connectivity index (χ4v) is 2.89. The van der Waals surface area contributed by atoms with E-state index in [2.05, 4.69) is 41.6 Å². The van der Waals surface area contributed by atoms with Gasteiger partial charge in [-0.25, -0.2) is 4.98 Å². The first-order valence-electron chi connectivity index (χ1n) is 7.78. The lowest BCUT2D eigenvalue weighted by molar-refractivity contribution is 0.557. The zero-order valence-electron chi connectivity index (χ0n) is 12.7. The van der Waals surface area contributed by atoms with Crippen LogP contribution >= 0.6 is 11.6 Å². The number of unbranched alkanes of at least 4 members (excludes halogenated alkanes) is 5. The number of hydrogen-bond donors (Lipinski definition) is 0. The topological polar surface area (TPSA) is 17.8 Å². The molecule has 0 saturated heterocycles. The van der Waals surface area contributed by atoms with Crippen molar-refractivity contribution in [3.63, 3.8) is 0 Å². The first-order valence-corrected chi connectivity index (χ1v) is 8.31. The number of imidazole rings is 1. The van der Waals surface area contributed by atoms with Crippen molar-refractivity contribution in [3.05, 3.63) is 29.6 Å². The lowest BCUT2D eigenvalue weighted by Crippen LogP contribution is -2.02. The fourth-order valence-electron chi connectivity index (χ4n) is 2.68. The van der Waals surface area contributed by atoms with Gasteiger partial charge in [-0.1, -0.05) is 45.1 Å². The molecule has 2 nitrogen and oxygen atoms in total. The van der Waals surface area contributed by atoms with Crippen LogP contribution in [0.5, 0.6) is 0 Å². The summed E-state index contributed by atoms with van der Waals surface area (Å²) >= 11 is 6.04. The summed E-state index contributed by atoms with van der Waals surface area (Å²) in [5.74, 6) is 1.49. The summed E-state index contributed by atoms with van der Waals surface area (Å²) in [6, 6.07) is 6.43. The third-order valence-electron chi connectivity index (χ3n) is 3.84. The van der Waals surface area contributed by atoms with E-state index in [1.54, 1.807) is 0 Å². The van der Waals surface area contributed by atoms with Gasteiger partial charge < -0.3 is 4.57 Å². The second-order valence-electron chi connectivity index (χ2n) is 5.57. The highest BCUT2D eigenvalue weighted by Crippen LogP contribution is 2.20. The molecule has 1 aromatic carbocycles. The van der Waals surface area contributed by atoms with Gasteiger partial charge in [0.05, 0.1) is 16.9 Å². The molecule has 0 saturated carbocycles. The summed E-state index contributed by atoms with van der Waals surface area (Å²) in [4.78, 5) is 4.63. The van der Waals surface area contributed by atoms with Gasteiger partial charge in [0, 0.05) is 6.54 Å². The van der Waals surface area contributed by atoms with Crippen LogP contribution in [0, 0.1) is 6.92 Å². The van der Waals surface area contributed by atoms with Gasteiger partial charge in [0.2, 0.25) is 0 Å². The first kappa shape index (κ1) is 15.4. The maximum absolute atomic E-state index is 6.04. The van der Waals surface area contributed by atoms with Crippen LogP contribution in [0.1, 0.15) is 56.8 Å². The van der Waals surface area contributed by atoms with Gasteiger partial charge in [-0.15, -0.1) is 11.6 Å². The van der Waals surface area contributed by atoms with Crippen LogP contribution in [-0.2, 0) is 12.4 Å². The molecule has 110 valence electrons. The highest BCUT2D eigenvalue weighted by molar-refractivity contribution is 6.16. The third-order valence-corrected chi connectivity index (χ3v) is 4.08. The van der Waals surface area contributed by atoms with E-state index >= 15 is 0 Å². The Kier molecular flexibility index (Phi) is 5.90. The lowest BCUT2D eigenvalue weighted by Gasteiger charge is -2.08. The van der Waals surface area contributed by atoms with Crippen LogP contribution in [0.3, 0.4) is 0 Å². The average molecular weight is 293 g/mol. The van der Waals surface area contributed by atoms with Crippen LogP contribution in [-0.4, -0.2) is 9.55 Å². The van der Waals surface area contributed by atoms with E-state index in [0.717, 1.165) is 17.9 Å². The minimum absolute atomic E-state index is 0.490. The van der Waals surface area contributed by atoms with Gasteiger partial charge in [-0.2, -0.15) is 0 Å². The predicted octanol–water partition coefficient (Wildman–Crippen LogP) is 5.44. The summed E-state index contributed by atoms with van der Waals surface area (Å²) < 4.78 is 2.30. The van der Waals surface area contributed by atoms with E-state index in [0.29, 0.717) is 5.88 Å². The van der Waals surface area contributed by atoms with Crippen molar-refractivity contribution >= 4 is 22.6 Å². The van der Waals surface area contributed by atoms with E-state index in [-0.39, 0.29) is 0 Å². The smallest absolute Gasteiger partial charge is 0.124 e. The summed E-state index contributed by atoms with van der Waals surface area (Å²) in [6.45, 7) is 5.42. The van der Waals surface area contributed by atoms with Crippen LogP contribution in [0.25, 0.3) is 11.0 Å². The maximum atomic E-state index is 6.04. The molecule has 0 N–H and O–H groups in total. The molecule has 0 aliphatic rings. The second-order valence-corrected chi connectivity index (χ2v) is 5.84. The first-order chi connectivity index (χ1) is 9.76. The molecule has 0 spiro atoms. The Morgan fingerprint density at radius 1 is 1.10 bits per heavy atom. The lowest BCUT2D eigenvalue weighted by atomic mass is 10.1. The van der Waals surface area contributed by atoms with Gasteiger partial charge in [-0.3, -0.25) is 0 Å². The Balaban J connectivity index is 2.02. The van der Waals surface area contributed by atoms with Crippen LogP contribution < -0.4 is 0 Å². The Morgan fingerprint density at radius 2 is 1.85 bits per heavy atom. The number of rotatable bonds is 8. The molecule has 1 heterocycles. The molecule has 2 aromatic rings. The Hall–Kier alpha value is -1.02. The number of benzene rings is 1. The normalized spacial score (nSPS) is 11.3. The molecule has 0 aliphatic heterocycles. The molecule has 0 atom stereocenters. The molecule has 20 heavy (non-hydrogen) atoms. The molecule has 0 fully saturated rings. The SMILES string of the molecule is CCCCCCCCn1c(CCl)nc2ccc(C)cc21. The molecule has 0 unspecified atom stereocenters. The van der Waals surface area contributed by atoms with Crippen molar-refractivity contribution < 1.29 is 0 Å². The maximum Gasteiger partial charge on any atom is 0.124 e. The van der Waals surface area contributed by atoms with Gasteiger partial charge in [0.25, 0.3) is 0 Å². The zero-order valence-corrected chi connectivity index (χ0v) is 13.4. The zero-order chi connectivity index (χ0) is 14.4. The number of alkyl halides is 1. The van der Waals surface area contributed by atoms with Crippen molar-refractivity contribution in [2.24, 2.45) is 0 Å². The minimum atomic E-state index is 0.490. The van der Waals surface area contributed by atoms with E-state index < -0.39 is 0 Å². The summed E-state index contributed by atoms with van der Waals surface area (Å²) in [5, 5.41) is 0. The standard InChI is InChI=1S/C17H25ClN2/c1-3-4-5-6-7-8-11-20-16-12-14(2)9-10-15(16)19-17(20)13-18/h9-10,12H,3-8,11,13H2,1-2H3. The quantitative estimate of drug-likeness (QED) is 0.468. The molecular formula is C17H25ClN2. The Morgan fingerprint density at radius 3 is 2.60 bits per heavy atom. The fraction of sp³-hybridized carbons (Fsp3) is 0.588. The third kappa shape index (κ3) is 3.76. The van der Waals surface area contributed by atoms with E-state index in [1.165, 1.54) is 49.6 Å². The monoisotopic (exact) mass is 292 g/mol. The summed E-state index contributed by atoms with van der Waals surface area (Å²) in [5.41, 5.74) is 3.58. The number of fused-ring (bicyclic) bond motifs is 1. The van der Waals surface area contributed by atoms with Crippen LogP contribution in [0.2, 0.25) is 0 Å². The predicted molar refractivity (Wildman–Crippen MR) is 87.4 cm³/mol. The number of nitrogens with zero attached hydrogens (tertiary/aromatic N) is 2. The van der Waals surface area contributed by atoms with Crippen LogP contribution in [0.4, 0.5) is 0 Å². The molecule has 0 amide bonds. The van der Waals surface area contributed by atoms with Crippen molar-refractivity contribution in [2.75, 3.05) is 0 Å². The van der Waals surface area contributed by atoms with Crippen molar-refractivity contribution in [1.29, 1.82) is 0 Å². The Bertz CT molecular complexity index is 545. The van der Waals surface area contributed by atoms with Crippen molar-refractivity contribution in [1.82, 2.24) is 9.55 Å². The second kappa shape index (κ2) is 7.68. The number of halogens is 1. The number of hydrogen-bond acceptors (Lipinski definition) is 1. The van der Waals surface area contributed by atoms with E-state index in [1.807, 2.05) is 0 Å². The molecular weight excluding hydrogens is 268 g/mol. The molecule has 0 bridgehead atoms. The minimum Gasteiger partial charge on any atom is -0.327 e. The van der Waals surface area contributed by atoms with Gasteiger partial charge in [0.1, 0.15) is 5.82 Å². The summed E-state index contributed by atoms with van der Waals surface area (Å²) in [6.07, 6.45) is 7.89. The summed E-state index contributed by atoms with van der Waals surface area (Å²) in [7, 11) is 0. The Labute approximate surface area is 127 Å². The highest BCUT2D eigenvalue weighted by atomic mass is 35.5. The largest absolute Gasteiger partial charge is 0.327 e.